The Balaban J connectivity index is 1.31. The van der Waals surface area contributed by atoms with Gasteiger partial charge in [-0.3, -0.25) is 9.48 Å². The molecular weight excluding hydrogens is 531 g/mol. The van der Waals surface area contributed by atoms with Crippen molar-refractivity contribution in [3.05, 3.63) is 81.8 Å². The van der Waals surface area contributed by atoms with Crippen LogP contribution in [0.25, 0.3) is 10.6 Å². The van der Waals surface area contributed by atoms with Gasteiger partial charge in [0.05, 0.1) is 24.1 Å². The molecule has 7 nitrogen and oxygen atoms in total. The first-order valence-electron chi connectivity index (χ1n) is 11.3. The molecule has 3 heterocycles. The lowest BCUT2D eigenvalue weighted by atomic mass is 10.1. The van der Waals surface area contributed by atoms with Crippen molar-refractivity contribution in [3.63, 3.8) is 0 Å². The summed E-state index contributed by atoms with van der Waals surface area (Å²) in [6.07, 6.45) is 5.44. The maximum atomic E-state index is 14.8. The third-order valence-corrected chi connectivity index (χ3v) is 7.58. The van der Waals surface area contributed by atoms with Crippen LogP contribution in [0.2, 0.25) is 0 Å². The zero-order chi connectivity index (χ0) is 24.4. The first-order valence-corrected chi connectivity index (χ1v) is 13.0. The number of thiazole rings is 1. The van der Waals surface area contributed by atoms with Gasteiger partial charge in [0.25, 0.3) is 5.91 Å². The van der Waals surface area contributed by atoms with Crippen molar-refractivity contribution < 1.29 is 9.18 Å². The van der Waals surface area contributed by atoms with E-state index in [2.05, 4.69) is 31.3 Å². The van der Waals surface area contributed by atoms with Crippen LogP contribution in [-0.2, 0) is 6.54 Å². The summed E-state index contributed by atoms with van der Waals surface area (Å²) in [6, 6.07) is 12.7. The molecule has 2 aromatic carbocycles. The minimum absolute atomic E-state index is 0.0167. The highest BCUT2D eigenvalue weighted by Gasteiger charge is 2.24. The molecule has 4 aromatic rings. The molecule has 180 valence electrons. The smallest absolute Gasteiger partial charge is 0.275 e. The number of aromatic nitrogens is 3. The van der Waals surface area contributed by atoms with Gasteiger partial charge in [0.15, 0.2) is 0 Å². The lowest BCUT2D eigenvalue weighted by Crippen LogP contribution is -2.43. The highest BCUT2D eigenvalue weighted by molar-refractivity contribution is 9.10. The Bertz CT molecular complexity index is 1360. The van der Waals surface area contributed by atoms with Crippen LogP contribution < -0.4 is 16.0 Å². The molecule has 0 radical (unpaired) electrons. The van der Waals surface area contributed by atoms with E-state index < -0.39 is 0 Å². The zero-order valence-corrected chi connectivity index (χ0v) is 21.2. The number of nitrogens with zero attached hydrogens (tertiary/aromatic N) is 4. The van der Waals surface area contributed by atoms with Crippen molar-refractivity contribution in [2.24, 2.45) is 5.73 Å². The Morgan fingerprint density at radius 1 is 1.26 bits per heavy atom. The van der Waals surface area contributed by atoms with Gasteiger partial charge in [-0.2, -0.15) is 5.10 Å². The van der Waals surface area contributed by atoms with Crippen LogP contribution in [0.1, 0.15) is 28.9 Å². The molecule has 0 saturated carbocycles. The average Bonchev–Trinajstić information content (AvgIpc) is 3.51. The van der Waals surface area contributed by atoms with E-state index in [1.807, 2.05) is 40.0 Å². The highest BCUT2D eigenvalue weighted by Crippen LogP contribution is 2.32. The van der Waals surface area contributed by atoms with E-state index in [-0.39, 0.29) is 23.5 Å². The van der Waals surface area contributed by atoms with E-state index >= 15 is 0 Å². The number of hydrogen-bond acceptors (Lipinski definition) is 6. The lowest BCUT2D eigenvalue weighted by Gasteiger charge is -2.34. The molecule has 1 aliphatic heterocycles. The molecule has 0 unspecified atom stereocenters. The van der Waals surface area contributed by atoms with Crippen LogP contribution in [0.5, 0.6) is 0 Å². The molecule has 2 aromatic heterocycles. The number of amides is 1. The highest BCUT2D eigenvalue weighted by atomic mass is 79.9. The van der Waals surface area contributed by atoms with Crippen LogP contribution in [0, 0.1) is 5.82 Å². The molecule has 0 bridgehead atoms. The minimum Gasteiger partial charge on any atom is -0.366 e. The van der Waals surface area contributed by atoms with Gasteiger partial charge in [-0.05, 0) is 36.6 Å². The quantitative estimate of drug-likeness (QED) is 0.344. The molecule has 1 atom stereocenters. The summed E-state index contributed by atoms with van der Waals surface area (Å²) in [5, 5.41) is 9.67. The number of rotatable bonds is 6. The number of nitrogens with two attached hydrogens (primary N) is 1. The zero-order valence-electron chi connectivity index (χ0n) is 18.8. The van der Waals surface area contributed by atoms with Gasteiger partial charge in [-0.15, -0.1) is 11.3 Å². The number of piperidine rings is 1. The van der Waals surface area contributed by atoms with Gasteiger partial charge in [-0.1, -0.05) is 40.2 Å². The molecule has 3 N–H and O–H groups in total. The van der Waals surface area contributed by atoms with E-state index in [1.165, 1.54) is 17.4 Å². The van der Waals surface area contributed by atoms with Crippen molar-refractivity contribution in [2.45, 2.75) is 25.4 Å². The van der Waals surface area contributed by atoms with E-state index in [9.17, 15) is 9.18 Å². The maximum absolute atomic E-state index is 14.8. The van der Waals surface area contributed by atoms with Gasteiger partial charge in [0.2, 0.25) is 0 Å². The summed E-state index contributed by atoms with van der Waals surface area (Å²) in [7, 11) is 0. The third kappa shape index (κ3) is 5.29. The van der Waals surface area contributed by atoms with Crippen molar-refractivity contribution in [2.75, 3.05) is 23.3 Å². The van der Waals surface area contributed by atoms with Gasteiger partial charge in [-0.25, -0.2) is 9.37 Å². The maximum Gasteiger partial charge on any atom is 0.275 e. The summed E-state index contributed by atoms with van der Waals surface area (Å²) in [5.74, 6) is -0.769. The molecule has 1 fully saturated rings. The lowest BCUT2D eigenvalue weighted by molar-refractivity contribution is 0.102. The Morgan fingerprint density at radius 3 is 2.94 bits per heavy atom. The van der Waals surface area contributed by atoms with Crippen LogP contribution in [0.4, 0.5) is 15.8 Å². The van der Waals surface area contributed by atoms with Gasteiger partial charge in [0.1, 0.15) is 16.5 Å². The first kappa shape index (κ1) is 23.7. The van der Waals surface area contributed by atoms with E-state index in [0.29, 0.717) is 36.0 Å². The second kappa shape index (κ2) is 10.3. The molecule has 10 heteroatoms. The molecule has 0 spiro atoms. The molecule has 5 rings (SSSR count). The number of hydrogen-bond donors (Lipinski definition) is 2. The monoisotopic (exact) mass is 554 g/mol. The predicted octanol–water partition coefficient (Wildman–Crippen LogP) is 5.14. The van der Waals surface area contributed by atoms with E-state index in [0.717, 1.165) is 28.4 Å². The number of anilines is 2. The molecule has 1 saturated heterocycles. The van der Waals surface area contributed by atoms with Gasteiger partial charge >= 0.3 is 0 Å². The molecule has 35 heavy (non-hydrogen) atoms. The number of halogens is 2. The summed E-state index contributed by atoms with van der Waals surface area (Å²) in [6.45, 7) is 1.86. The largest absolute Gasteiger partial charge is 0.366 e. The fourth-order valence-electron chi connectivity index (χ4n) is 4.21. The third-order valence-electron chi connectivity index (χ3n) is 5.92. The second-order valence-corrected chi connectivity index (χ2v) is 10.2. The van der Waals surface area contributed by atoms with Crippen molar-refractivity contribution >= 4 is 44.5 Å². The Labute approximate surface area is 214 Å². The van der Waals surface area contributed by atoms with Gasteiger partial charge in [0, 0.05) is 40.7 Å². The Morgan fingerprint density at radius 2 is 2.11 bits per heavy atom. The molecular formula is C25H24BrFN6OS. The van der Waals surface area contributed by atoms with E-state index in [4.69, 9.17) is 5.73 Å². The minimum atomic E-state index is -0.388. The van der Waals surface area contributed by atoms with E-state index in [1.54, 1.807) is 23.7 Å². The summed E-state index contributed by atoms with van der Waals surface area (Å²) >= 11 is 4.93. The predicted molar refractivity (Wildman–Crippen MR) is 140 cm³/mol. The van der Waals surface area contributed by atoms with Crippen LogP contribution in [-0.4, -0.2) is 39.8 Å². The fourth-order valence-corrected chi connectivity index (χ4v) is 5.39. The Hall–Kier alpha value is -3.08. The molecule has 0 aliphatic carbocycles. The van der Waals surface area contributed by atoms with Gasteiger partial charge < -0.3 is 16.0 Å². The van der Waals surface area contributed by atoms with Crippen molar-refractivity contribution in [1.29, 1.82) is 0 Å². The summed E-state index contributed by atoms with van der Waals surface area (Å²) < 4.78 is 17.6. The number of carbonyl (C=O) groups is 1. The number of carbonyl (C=O) groups excluding carboxylic acids is 1. The topological polar surface area (TPSA) is 89.1 Å². The van der Waals surface area contributed by atoms with Crippen molar-refractivity contribution in [1.82, 2.24) is 14.8 Å². The standard InChI is InChI=1S/C25H24BrFN6OS/c26-19-7-2-1-5-16(19)12-33-13-17(11-29-33)25-31-22(15-35-25)24(34)30-21-9-3-8-20(27)23(21)32-10-4-6-18(28)14-32/h1-3,5,7-9,11,13,15,18H,4,6,10,12,14,28H2,(H,30,34)/t18-/m1/s1. The number of nitrogens with one attached hydrogen (secondary N) is 1. The van der Waals surface area contributed by atoms with Crippen LogP contribution in [0.15, 0.2) is 64.7 Å². The second-order valence-electron chi connectivity index (χ2n) is 8.49. The first-order chi connectivity index (χ1) is 17.0. The SMILES string of the molecule is N[C@@H]1CCCN(c2c(F)cccc2NC(=O)c2csc(-c3cnn(Cc4ccccc4Br)c3)n2)C1. The number of para-hydroxylation sites is 1. The number of benzene rings is 2. The van der Waals surface area contributed by atoms with Crippen LogP contribution >= 0.6 is 27.3 Å². The summed E-state index contributed by atoms with van der Waals surface area (Å²) in [5.41, 5.74) is 9.10. The van der Waals surface area contributed by atoms with Crippen LogP contribution in [0.3, 0.4) is 0 Å². The molecule has 1 amide bonds. The average molecular weight is 555 g/mol. The fraction of sp³-hybridized carbons (Fsp3) is 0.240. The van der Waals surface area contributed by atoms with Crippen molar-refractivity contribution in [3.8, 4) is 10.6 Å². The normalized spacial score (nSPS) is 15.9. The summed E-state index contributed by atoms with van der Waals surface area (Å²) in [4.78, 5) is 19.4. The Kier molecular flexibility index (Phi) is 6.94. The molecule has 1 aliphatic rings.